The summed E-state index contributed by atoms with van der Waals surface area (Å²) in [5.41, 5.74) is 4.37. The number of aryl methyl sites for hydroxylation is 1. The lowest BCUT2D eigenvalue weighted by molar-refractivity contribution is 0.415. The van der Waals surface area contributed by atoms with Crippen LogP contribution in [0.2, 0.25) is 5.02 Å². The highest BCUT2D eigenvalue weighted by Gasteiger charge is 2.31. The van der Waals surface area contributed by atoms with Crippen LogP contribution in [0.5, 0.6) is 0 Å². The topological polar surface area (TPSA) is 72.5 Å². The average molecular weight is 472 g/mol. The van der Waals surface area contributed by atoms with Gasteiger partial charge in [0.05, 0.1) is 30.7 Å². The number of fused-ring (bicyclic) bond motifs is 1. The predicted molar refractivity (Wildman–Crippen MR) is 127 cm³/mol. The third-order valence-corrected chi connectivity index (χ3v) is 7.43. The Morgan fingerprint density at radius 1 is 1.16 bits per heavy atom. The van der Waals surface area contributed by atoms with E-state index in [2.05, 4.69) is 14.9 Å². The SMILES string of the molecule is Cc1ncc(CN2C=C(Cc3ccccc3)N(S(=O)(=O)N(C)C)Cc3cc(Cl)ccc32)[nH]1. The summed E-state index contributed by atoms with van der Waals surface area (Å²) in [6, 6.07) is 15.4. The number of hydrogen-bond acceptors (Lipinski definition) is 4. The Kier molecular flexibility index (Phi) is 6.28. The lowest BCUT2D eigenvalue weighted by Crippen LogP contribution is -2.39. The van der Waals surface area contributed by atoms with E-state index in [1.807, 2.05) is 61.7 Å². The Balaban J connectivity index is 1.85. The molecule has 0 saturated carbocycles. The van der Waals surface area contributed by atoms with E-state index in [1.165, 1.54) is 8.61 Å². The molecule has 7 nitrogen and oxygen atoms in total. The van der Waals surface area contributed by atoms with E-state index in [4.69, 9.17) is 11.6 Å². The number of benzene rings is 2. The van der Waals surface area contributed by atoms with E-state index >= 15 is 0 Å². The monoisotopic (exact) mass is 471 g/mol. The molecular formula is C23H26ClN5O2S. The number of hydrogen-bond donors (Lipinski definition) is 1. The van der Waals surface area contributed by atoms with E-state index in [-0.39, 0.29) is 6.54 Å². The summed E-state index contributed by atoms with van der Waals surface area (Å²) in [5.74, 6) is 0.830. The number of aromatic amines is 1. The average Bonchev–Trinajstić information content (AvgIpc) is 3.09. The minimum atomic E-state index is -3.73. The molecule has 1 aromatic heterocycles. The van der Waals surface area contributed by atoms with Gasteiger partial charge in [0, 0.05) is 37.4 Å². The Morgan fingerprint density at radius 3 is 2.56 bits per heavy atom. The number of aromatic nitrogens is 2. The molecule has 0 fully saturated rings. The first-order valence-corrected chi connectivity index (χ1v) is 12.0. The van der Waals surface area contributed by atoms with Gasteiger partial charge in [-0.1, -0.05) is 41.9 Å². The third-order valence-electron chi connectivity index (χ3n) is 5.35. The summed E-state index contributed by atoms with van der Waals surface area (Å²) in [7, 11) is -0.640. The maximum Gasteiger partial charge on any atom is 0.303 e. The maximum absolute atomic E-state index is 13.3. The molecule has 9 heteroatoms. The lowest BCUT2D eigenvalue weighted by Gasteiger charge is -2.28. The van der Waals surface area contributed by atoms with Crippen LogP contribution in [0.3, 0.4) is 0 Å². The fourth-order valence-corrected chi connectivity index (χ4v) is 5.06. The van der Waals surface area contributed by atoms with Crippen LogP contribution in [0.25, 0.3) is 0 Å². The first kappa shape index (κ1) is 22.4. The number of imidazole rings is 1. The van der Waals surface area contributed by atoms with Crippen molar-refractivity contribution in [3.63, 3.8) is 0 Å². The Bertz CT molecular complexity index is 1240. The van der Waals surface area contributed by atoms with Gasteiger partial charge in [0.2, 0.25) is 0 Å². The second-order valence-corrected chi connectivity index (χ2v) is 10.5. The minimum Gasteiger partial charge on any atom is -0.345 e. The molecule has 32 heavy (non-hydrogen) atoms. The van der Waals surface area contributed by atoms with Gasteiger partial charge >= 0.3 is 10.2 Å². The van der Waals surface area contributed by atoms with Gasteiger partial charge in [-0.15, -0.1) is 0 Å². The number of H-pyrrole nitrogens is 1. The lowest BCUT2D eigenvalue weighted by atomic mass is 10.1. The quantitative estimate of drug-likeness (QED) is 0.587. The Labute approximate surface area is 194 Å². The zero-order chi connectivity index (χ0) is 22.9. The van der Waals surface area contributed by atoms with Gasteiger partial charge < -0.3 is 9.88 Å². The van der Waals surface area contributed by atoms with Gasteiger partial charge in [0.25, 0.3) is 0 Å². The van der Waals surface area contributed by atoms with E-state index in [9.17, 15) is 8.42 Å². The molecule has 2 heterocycles. The number of rotatable bonds is 6. The van der Waals surface area contributed by atoms with Gasteiger partial charge in [-0.05, 0) is 36.2 Å². The van der Waals surface area contributed by atoms with Gasteiger partial charge in [-0.25, -0.2) is 4.98 Å². The van der Waals surface area contributed by atoms with Crippen LogP contribution in [-0.2, 0) is 29.7 Å². The summed E-state index contributed by atoms with van der Waals surface area (Å²) in [6.07, 6.45) is 4.19. The number of allylic oxidation sites excluding steroid dienone is 1. The number of nitrogens with one attached hydrogen (secondary N) is 1. The van der Waals surface area contributed by atoms with Crippen molar-refractivity contribution in [2.45, 2.75) is 26.4 Å². The van der Waals surface area contributed by atoms with Crippen LogP contribution in [-0.4, -0.2) is 41.1 Å². The van der Waals surface area contributed by atoms with Crippen molar-refractivity contribution in [3.05, 3.63) is 94.3 Å². The molecule has 0 saturated heterocycles. The molecular weight excluding hydrogens is 446 g/mol. The van der Waals surface area contributed by atoms with Crippen molar-refractivity contribution >= 4 is 27.5 Å². The largest absolute Gasteiger partial charge is 0.345 e. The minimum absolute atomic E-state index is 0.188. The molecule has 168 valence electrons. The Morgan fingerprint density at radius 2 is 1.91 bits per heavy atom. The summed E-state index contributed by atoms with van der Waals surface area (Å²) in [6.45, 7) is 2.61. The zero-order valence-corrected chi connectivity index (χ0v) is 19.9. The molecule has 0 bridgehead atoms. The van der Waals surface area contributed by atoms with Crippen LogP contribution < -0.4 is 4.90 Å². The molecule has 0 radical (unpaired) electrons. The zero-order valence-electron chi connectivity index (χ0n) is 18.3. The molecule has 1 aliphatic rings. The van der Waals surface area contributed by atoms with Gasteiger partial charge in [-0.2, -0.15) is 12.7 Å². The fraction of sp³-hybridized carbons (Fsp3) is 0.261. The number of anilines is 1. The molecule has 1 aliphatic heterocycles. The molecule has 0 spiro atoms. The maximum atomic E-state index is 13.3. The van der Waals surface area contributed by atoms with Crippen LogP contribution in [0, 0.1) is 6.92 Å². The first-order chi connectivity index (χ1) is 15.2. The highest BCUT2D eigenvalue weighted by atomic mass is 35.5. The summed E-state index contributed by atoms with van der Waals surface area (Å²) in [5, 5.41) is 0.565. The van der Waals surface area contributed by atoms with E-state index in [0.717, 1.165) is 28.3 Å². The highest BCUT2D eigenvalue weighted by Crippen LogP contribution is 2.34. The molecule has 0 unspecified atom stereocenters. The molecule has 0 aliphatic carbocycles. The molecule has 1 N–H and O–H groups in total. The fourth-order valence-electron chi connectivity index (χ4n) is 3.76. The van der Waals surface area contributed by atoms with Crippen molar-refractivity contribution < 1.29 is 8.42 Å². The molecule has 0 atom stereocenters. The van der Waals surface area contributed by atoms with E-state index in [0.29, 0.717) is 23.7 Å². The first-order valence-electron chi connectivity index (χ1n) is 10.2. The van der Waals surface area contributed by atoms with Crippen LogP contribution >= 0.6 is 11.6 Å². The van der Waals surface area contributed by atoms with Gasteiger partial charge in [-0.3, -0.25) is 4.31 Å². The van der Waals surface area contributed by atoms with E-state index < -0.39 is 10.2 Å². The van der Waals surface area contributed by atoms with E-state index in [1.54, 1.807) is 20.3 Å². The van der Waals surface area contributed by atoms with Crippen molar-refractivity contribution in [2.75, 3.05) is 19.0 Å². The second-order valence-electron chi connectivity index (χ2n) is 7.97. The van der Waals surface area contributed by atoms with Crippen LogP contribution in [0.4, 0.5) is 5.69 Å². The van der Waals surface area contributed by atoms with Crippen molar-refractivity contribution in [1.82, 2.24) is 18.6 Å². The number of nitrogens with zero attached hydrogens (tertiary/aromatic N) is 4. The van der Waals surface area contributed by atoms with Crippen LogP contribution in [0.1, 0.15) is 22.6 Å². The molecule has 2 aromatic carbocycles. The van der Waals surface area contributed by atoms with Crippen molar-refractivity contribution in [3.8, 4) is 0 Å². The molecule has 4 rings (SSSR count). The highest BCUT2D eigenvalue weighted by molar-refractivity contribution is 7.86. The van der Waals surface area contributed by atoms with Gasteiger partial charge in [0.15, 0.2) is 0 Å². The van der Waals surface area contributed by atoms with Crippen molar-refractivity contribution in [1.29, 1.82) is 0 Å². The standard InChI is InChI=1S/C23H26ClN5O2S/c1-17-25-13-21(26-17)15-28-16-22(11-18-7-5-4-6-8-18)29(32(30,31)27(2)3)14-19-12-20(24)9-10-23(19)28/h4-10,12-13,16H,11,14-15H2,1-3H3,(H,25,26). The van der Waals surface area contributed by atoms with Crippen LogP contribution in [0.15, 0.2) is 66.6 Å². The predicted octanol–water partition coefficient (Wildman–Crippen LogP) is 4.08. The van der Waals surface area contributed by atoms with Gasteiger partial charge in [0.1, 0.15) is 5.82 Å². The van der Waals surface area contributed by atoms with Crippen molar-refractivity contribution in [2.24, 2.45) is 0 Å². The summed E-state index contributed by atoms with van der Waals surface area (Å²) in [4.78, 5) is 9.62. The summed E-state index contributed by atoms with van der Waals surface area (Å²) < 4.78 is 29.4. The Hall–Kier alpha value is -2.81. The normalized spacial score (nSPS) is 14.3. The second kappa shape index (κ2) is 8.97. The smallest absolute Gasteiger partial charge is 0.303 e. The third kappa shape index (κ3) is 4.67. The molecule has 3 aromatic rings. The molecule has 0 amide bonds. The summed E-state index contributed by atoms with van der Waals surface area (Å²) >= 11 is 6.30. The number of halogens is 1.